The van der Waals surface area contributed by atoms with Crippen LogP contribution in [-0.4, -0.2) is 36.3 Å². The molecule has 1 aromatic carbocycles. The van der Waals surface area contributed by atoms with Crippen molar-refractivity contribution in [2.75, 3.05) is 18.0 Å². The molecule has 104 valence electrons. The molecule has 19 heavy (non-hydrogen) atoms. The minimum atomic E-state index is 0.107. The molecule has 0 aliphatic carbocycles. The maximum Gasteiger partial charge on any atom is 0.170 e. The number of halogens is 1. The molecule has 0 unspecified atom stereocenters. The van der Waals surface area contributed by atoms with Crippen molar-refractivity contribution in [2.24, 2.45) is 10.9 Å². The summed E-state index contributed by atoms with van der Waals surface area (Å²) in [6.45, 7) is 5.85. The predicted octanol–water partition coefficient (Wildman–Crippen LogP) is 2.16. The molecule has 2 rings (SSSR count). The first kappa shape index (κ1) is 14.1. The van der Waals surface area contributed by atoms with Gasteiger partial charge in [-0.25, -0.2) is 0 Å². The first-order chi connectivity index (χ1) is 9.01. The van der Waals surface area contributed by atoms with Crippen LogP contribution in [0, 0.1) is 0 Å². The van der Waals surface area contributed by atoms with E-state index in [4.69, 9.17) is 15.7 Å². The number of nitrogens with zero attached hydrogens (tertiary/aromatic N) is 2. The van der Waals surface area contributed by atoms with Gasteiger partial charge in [-0.3, -0.25) is 0 Å². The van der Waals surface area contributed by atoms with Gasteiger partial charge in [-0.15, -0.1) is 0 Å². The highest BCUT2D eigenvalue weighted by Crippen LogP contribution is 2.29. The minimum Gasteiger partial charge on any atom is -0.409 e. The van der Waals surface area contributed by atoms with Crippen LogP contribution in [0.25, 0.3) is 0 Å². The van der Waals surface area contributed by atoms with Crippen LogP contribution < -0.4 is 10.6 Å². The van der Waals surface area contributed by atoms with Crippen LogP contribution in [0.1, 0.15) is 19.4 Å². The monoisotopic (exact) mass is 327 g/mol. The molecule has 2 atom stereocenters. The van der Waals surface area contributed by atoms with E-state index in [0.717, 1.165) is 23.2 Å². The lowest BCUT2D eigenvalue weighted by molar-refractivity contribution is -0.00525. The zero-order valence-corrected chi connectivity index (χ0v) is 12.6. The quantitative estimate of drug-likeness (QED) is 0.378. The Morgan fingerprint density at radius 3 is 2.58 bits per heavy atom. The number of morpholine rings is 1. The van der Waals surface area contributed by atoms with Gasteiger partial charge in [0, 0.05) is 23.1 Å². The Balaban J connectivity index is 2.26. The summed E-state index contributed by atoms with van der Waals surface area (Å²) < 4.78 is 6.66. The summed E-state index contributed by atoms with van der Waals surface area (Å²) in [7, 11) is 0. The molecule has 1 aliphatic rings. The molecule has 0 spiro atoms. The van der Waals surface area contributed by atoms with Gasteiger partial charge in [-0.1, -0.05) is 5.16 Å². The minimum absolute atomic E-state index is 0.107. The van der Waals surface area contributed by atoms with Gasteiger partial charge in [0.1, 0.15) is 0 Å². The van der Waals surface area contributed by atoms with Crippen molar-refractivity contribution in [3.8, 4) is 0 Å². The number of rotatable bonds is 2. The van der Waals surface area contributed by atoms with E-state index >= 15 is 0 Å². The average Bonchev–Trinajstić information content (AvgIpc) is 2.36. The lowest BCUT2D eigenvalue weighted by atomic mass is 10.1. The van der Waals surface area contributed by atoms with Crippen LogP contribution in [0.2, 0.25) is 0 Å². The second kappa shape index (κ2) is 5.79. The average molecular weight is 328 g/mol. The second-order valence-electron chi connectivity index (χ2n) is 4.81. The van der Waals surface area contributed by atoms with Crippen LogP contribution >= 0.6 is 15.9 Å². The largest absolute Gasteiger partial charge is 0.409 e. The zero-order valence-electron chi connectivity index (χ0n) is 11.0. The van der Waals surface area contributed by atoms with Gasteiger partial charge in [-0.2, -0.15) is 0 Å². The fourth-order valence-electron chi connectivity index (χ4n) is 2.36. The smallest absolute Gasteiger partial charge is 0.170 e. The maximum absolute atomic E-state index is 8.69. The summed E-state index contributed by atoms with van der Waals surface area (Å²) in [5.74, 6) is 0.107. The third-order valence-electron chi connectivity index (χ3n) is 3.11. The Morgan fingerprint density at radius 1 is 1.42 bits per heavy atom. The first-order valence-electron chi connectivity index (χ1n) is 6.19. The zero-order chi connectivity index (χ0) is 14.0. The molecule has 0 aromatic heterocycles. The normalized spacial score (nSPS) is 24.6. The number of amidine groups is 1. The highest BCUT2D eigenvalue weighted by atomic mass is 79.9. The third-order valence-corrected chi connectivity index (χ3v) is 3.75. The molecule has 1 fully saturated rings. The molecular weight excluding hydrogens is 310 g/mol. The summed E-state index contributed by atoms with van der Waals surface area (Å²) in [5, 5.41) is 11.7. The van der Waals surface area contributed by atoms with Gasteiger partial charge in [0.2, 0.25) is 0 Å². The van der Waals surface area contributed by atoms with E-state index in [1.165, 1.54) is 0 Å². The Labute approximate surface area is 121 Å². The second-order valence-corrected chi connectivity index (χ2v) is 5.67. The Bertz CT molecular complexity index is 483. The number of ether oxygens (including phenoxy) is 1. The van der Waals surface area contributed by atoms with Crippen molar-refractivity contribution in [1.82, 2.24) is 0 Å². The number of anilines is 1. The first-order valence-corrected chi connectivity index (χ1v) is 6.98. The number of oxime groups is 1. The fourth-order valence-corrected chi connectivity index (χ4v) is 2.98. The number of nitrogens with two attached hydrogens (primary N) is 1. The standard InChI is InChI=1S/C13H18BrN3O2/c1-8-6-17(7-9(2)19-8)12-4-3-10(5-11(12)14)13(15)16-18/h3-5,8-9,18H,6-7H2,1-2H3,(H2,15,16)/t8-,9+. The van der Waals surface area contributed by atoms with Crippen LogP contribution in [0.4, 0.5) is 5.69 Å². The third kappa shape index (κ3) is 3.19. The topological polar surface area (TPSA) is 71.1 Å². The van der Waals surface area contributed by atoms with Crippen molar-refractivity contribution >= 4 is 27.5 Å². The summed E-state index contributed by atoms with van der Waals surface area (Å²) in [6, 6.07) is 5.68. The van der Waals surface area contributed by atoms with E-state index < -0.39 is 0 Å². The van der Waals surface area contributed by atoms with E-state index in [9.17, 15) is 0 Å². The number of benzene rings is 1. The van der Waals surface area contributed by atoms with E-state index in [2.05, 4.69) is 39.8 Å². The van der Waals surface area contributed by atoms with Gasteiger partial charge >= 0.3 is 0 Å². The van der Waals surface area contributed by atoms with Gasteiger partial charge in [-0.05, 0) is 48.0 Å². The Morgan fingerprint density at radius 2 is 2.05 bits per heavy atom. The van der Waals surface area contributed by atoms with E-state index in [-0.39, 0.29) is 18.0 Å². The molecule has 0 radical (unpaired) electrons. The van der Waals surface area contributed by atoms with E-state index in [1.54, 1.807) is 0 Å². The van der Waals surface area contributed by atoms with E-state index in [1.807, 2.05) is 18.2 Å². The highest BCUT2D eigenvalue weighted by Gasteiger charge is 2.23. The van der Waals surface area contributed by atoms with Crippen LogP contribution in [0.5, 0.6) is 0 Å². The predicted molar refractivity (Wildman–Crippen MR) is 78.9 cm³/mol. The molecule has 1 aromatic rings. The molecule has 1 heterocycles. The number of hydrogen-bond acceptors (Lipinski definition) is 4. The van der Waals surface area contributed by atoms with Crippen molar-refractivity contribution in [3.63, 3.8) is 0 Å². The molecule has 0 bridgehead atoms. The van der Waals surface area contributed by atoms with Gasteiger partial charge < -0.3 is 20.6 Å². The molecule has 3 N–H and O–H groups in total. The molecule has 1 saturated heterocycles. The van der Waals surface area contributed by atoms with Gasteiger partial charge in [0.25, 0.3) is 0 Å². The molecule has 0 amide bonds. The van der Waals surface area contributed by atoms with Crippen LogP contribution in [0.15, 0.2) is 27.8 Å². The summed E-state index contributed by atoms with van der Waals surface area (Å²) >= 11 is 3.55. The summed E-state index contributed by atoms with van der Waals surface area (Å²) in [5.41, 5.74) is 7.36. The summed E-state index contributed by atoms with van der Waals surface area (Å²) in [4.78, 5) is 2.28. The van der Waals surface area contributed by atoms with Crippen LogP contribution in [0.3, 0.4) is 0 Å². The van der Waals surface area contributed by atoms with Crippen molar-refractivity contribution in [3.05, 3.63) is 28.2 Å². The van der Waals surface area contributed by atoms with Crippen LogP contribution in [-0.2, 0) is 4.74 Å². The SMILES string of the molecule is C[C@@H]1CN(c2ccc(/C(N)=N/O)cc2Br)C[C@H](C)O1. The lowest BCUT2D eigenvalue weighted by Crippen LogP contribution is -2.45. The Hall–Kier alpha value is -1.27. The molecule has 5 nitrogen and oxygen atoms in total. The summed E-state index contributed by atoms with van der Waals surface area (Å²) in [6.07, 6.45) is 0.416. The van der Waals surface area contributed by atoms with Gasteiger partial charge in [0.15, 0.2) is 5.84 Å². The molecule has 1 aliphatic heterocycles. The van der Waals surface area contributed by atoms with E-state index in [0.29, 0.717) is 5.56 Å². The van der Waals surface area contributed by atoms with Crippen molar-refractivity contribution in [2.45, 2.75) is 26.1 Å². The van der Waals surface area contributed by atoms with Gasteiger partial charge in [0.05, 0.1) is 17.9 Å². The Kier molecular flexibility index (Phi) is 4.31. The highest BCUT2D eigenvalue weighted by molar-refractivity contribution is 9.10. The molecular formula is C13H18BrN3O2. The van der Waals surface area contributed by atoms with Crippen molar-refractivity contribution in [1.29, 1.82) is 0 Å². The molecule has 6 heteroatoms. The lowest BCUT2D eigenvalue weighted by Gasteiger charge is -2.37. The molecule has 0 saturated carbocycles. The number of hydrogen-bond donors (Lipinski definition) is 2. The van der Waals surface area contributed by atoms with Crippen molar-refractivity contribution < 1.29 is 9.94 Å². The fraction of sp³-hybridized carbons (Fsp3) is 0.462. The maximum atomic E-state index is 8.69.